The third-order valence-corrected chi connectivity index (χ3v) is 4.56. The van der Waals surface area contributed by atoms with Gasteiger partial charge in [0.15, 0.2) is 6.61 Å². The van der Waals surface area contributed by atoms with Crippen LogP contribution in [0.25, 0.3) is 11.1 Å². The van der Waals surface area contributed by atoms with Crippen molar-refractivity contribution >= 4 is 11.9 Å². The number of rotatable bonds is 13. The number of unbranched alkanes of at least 4 members (excludes halogenated alkanes) is 2. The number of esters is 2. The molecule has 0 atom stereocenters. The van der Waals surface area contributed by atoms with E-state index in [2.05, 4.69) is 31.2 Å². The maximum atomic E-state index is 11.6. The van der Waals surface area contributed by atoms with Crippen LogP contribution in [-0.2, 0) is 25.5 Å². The number of carbonyl (C=O) groups is 2. The molecule has 2 rings (SSSR count). The normalized spacial score (nSPS) is 10.4. The van der Waals surface area contributed by atoms with Gasteiger partial charge in [-0.15, -0.1) is 0 Å². The molecule has 0 saturated carbocycles. The summed E-state index contributed by atoms with van der Waals surface area (Å²) in [5.74, 6) is 0.284. The van der Waals surface area contributed by atoms with E-state index in [4.69, 9.17) is 18.9 Å². The van der Waals surface area contributed by atoms with E-state index in [1.54, 1.807) is 13.0 Å². The maximum absolute atomic E-state index is 11.6. The molecule has 31 heavy (non-hydrogen) atoms. The summed E-state index contributed by atoms with van der Waals surface area (Å²) in [6, 6.07) is 13.9. The van der Waals surface area contributed by atoms with Crippen LogP contribution < -0.4 is 9.47 Å². The van der Waals surface area contributed by atoms with Gasteiger partial charge in [0.25, 0.3) is 0 Å². The quantitative estimate of drug-likeness (QED) is 0.331. The Morgan fingerprint density at radius 3 is 2.16 bits per heavy atom. The molecule has 0 spiro atoms. The number of ether oxygens (including phenoxy) is 4. The highest BCUT2D eigenvalue weighted by molar-refractivity contribution is 5.72. The molecule has 0 fully saturated rings. The van der Waals surface area contributed by atoms with Crippen LogP contribution in [0.2, 0.25) is 0 Å². The lowest BCUT2D eigenvalue weighted by Crippen LogP contribution is -2.14. The third-order valence-electron chi connectivity index (χ3n) is 4.56. The highest BCUT2D eigenvalue weighted by Crippen LogP contribution is 2.30. The highest BCUT2D eigenvalue weighted by atomic mass is 16.6. The smallest absolute Gasteiger partial charge is 0.344 e. The number of aryl methyl sites for hydroxylation is 1. The molecule has 0 amide bonds. The van der Waals surface area contributed by atoms with Crippen LogP contribution in [0, 0.1) is 0 Å². The Hall–Kier alpha value is -3.02. The van der Waals surface area contributed by atoms with Crippen LogP contribution in [0.5, 0.6) is 11.5 Å². The van der Waals surface area contributed by atoms with Gasteiger partial charge in [0.1, 0.15) is 24.7 Å². The fourth-order valence-corrected chi connectivity index (χ4v) is 3.04. The molecule has 0 bridgehead atoms. The molecule has 6 heteroatoms. The van der Waals surface area contributed by atoms with Gasteiger partial charge < -0.3 is 18.9 Å². The van der Waals surface area contributed by atoms with Crippen molar-refractivity contribution in [1.82, 2.24) is 0 Å². The lowest BCUT2D eigenvalue weighted by atomic mass is 10.0. The number of benzene rings is 2. The van der Waals surface area contributed by atoms with Crippen LogP contribution in [0.15, 0.2) is 42.5 Å². The summed E-state index contributed by atoms with van der Waals surface area (Å²) in [5, 5.41) is 0. The molecule has 0 aromatic heterocycles. The summed E-state index contributed by atoms with van der Waals surface area (Å²) in [6.07, 6.45) is 4.70. The molecule has 0 aliphatic heterocycles. The van der Waals surface area contributed by atoms with Crippen LogP contribution in [-0.4, -0.2) is 38.4 Å². The van der Waals surface area contributed by atoms with Gasteiger partial charge in [-0.25, -0.2) is 4.79 Å². The van der Waals surface area contributed by atoms with E-state index in [1.807, 2.05) is 12.1 Å². The van der Waals surface area contributed by atoms with Gasteiger partial charge in [-0.05, 0) is 48.6 Å². The van der Waals surface area contributed by atoms with Gasteiger partial charge >= 0.3 is 11.9 Å². The Morgan fingerprint density at radius 2 is 1.52 bits per heavy atom. The van der Waals surface area contributed by atoms with Crippen molar-refractivity contribution in [2.75, 3.05) is 26.4 Å². The first kappa shape index (κ1) is 24.3. The van der Waals surface area contributed by atoms with E-state index in [1.165, 1.54) is 31.7 Å². The van der Waals surface area contributed by atoms with Crippen molar-refractivity contribution in [2.45, 2.75) is 46.5 Å². The number of hydrogen-bond donors (Lipinski definition) is 0. The zero-order chi connectivity index (χ0) is 22.5. The Bertz CT molecular complexity index is 828. The monoisotopic (exact) mass is 428 g/mol. The summed E-state index contributed by atoms with van der Waals surface area (Å²) in [5.41, 5.74) is 3.24. The number of hydrogen-bond acceptors (Lipinski definition) is 6. The minimum absolute atomic E-state index is 0.158. The Balaban J connectivity index is 2.14. The van der Waals surface area contributed by atoms with E-state index in [-0.39, 0.29) is 25.8 Å². The number of carbonyl (C=O) groups excluding carboxylic acids is 2. The van der Waals surface area contributed by atoms with Gasteiger partial charge in [0.2, 0.25) is 0 Å². The van der Waals surface area contributed by atoms with Gasteiger partial charge in [-0.3, -0.25) is 4.79 Å². The molecule has 168 valence electrons. The lowest BCUT2D eigenvalue weighted by molar-refractivity contribution is -0.145. The summed E-state index contributed by atoms with van der Waals surface area (Å²) in [7, 11) is 0. The second-order valence-corrected chi connectivity index (χ2v) is 7.13. The summed E-state index contributed by atoms with van der Waals surface area (Å²) >= 11 is 0. The standard InChI is InChI=1S/C25H32O6/c1-4-6-7-8-20-9-11-21(12-10-20)22-15-23(30-14-13-29-19(3)26)17-24(16-22)31-18-25(27)28-5-2/h9-12,15-17H,4-8,13-14,18H2,1-3H3. The topological polar surface area (TPSA) is 71.1 Å². The van der Waals surface area contributed by atoms with Crippen LogP contribution in [0.1, 0.15) is 45.6 Å². The minimum atomic E-state index is -0.429. The maximum Gasteiger partial charge on any atom is 0.344 e. The van der Waals surface area contributed by atoms with Gasteiger partial charge in [-0.2, -0.15) is 0 Å². The molecule has 0 saturated heterocycles. The van der Waals surface area contributed by atoms with Gasteiger partial charge in [0.05, 0.1) is 6.61 Å². The molecule has 0 N–H and O–H groups in total. The molecule has 2 aromatic carbocycles. The predicted molar refractivity (Wildman–Crippen MR) is 119 cm³/mol. The fourth-order valence-electron chi connectivity index (χ4n) is 3.04. The molecule has 0 unspecified atom stereocenters. The van der Waals surface area contributed by atoms with Crippen molar-refractivity contribution in [1.29, 1.82) is 0 Å². The van der Waals surface area contributed by atoms with E-state index in [0.717, 1.165) is 17.5 Å². The molecule has 0 aliphatic rings. The van der Waals surface area contributed by atoms with Crippen molar-refractivity contribution < 1.29 is 28.5 Å². The van der Waals surface area contributed by atoms with Gasteiger partial charge in [0, 0.05) is 13.0 Å². The highest BCUT2D eigenvalue weighted by Gasteiger charge is 2.09. The summed E-state index contributed by atoms with van der Waals surface area (Å²) < 4.78 is 21.2. The lowest BCUT2D eigenvalue weighted by Gasteiger charge is -2.13. The van der Waals surface area contributed by atoms with Crippen LogP contribution >= 0.6 is 0 Å². The Kier molecular flexibility index (Phi) is 10.4. The average molecular weight is 429 g/mol. The van der Waals surface area contributed by atoms with E-state index >= 15 is 0 Å². The zero-order valence-corrected chi connectivity index (χ0v) is 18.6. The first-order chi connectivity index (χ1) is 15.0. The van der Waals surface area contributed by atoms with Crippen molar-refractivity contribution in [3.05, 3.63) is 48.0 Å². The average Bonchev–Trinajstić information content (AvgIpc) is 2.76. The van der Waals surface area contributed by atoms with Crippen molar-refractivity contribution in [3.8, 4) is 22.6 Å². The molecule has 0 heterocycles. The molecule has 0 aliphatic carbocycles. The Labute approximate surface area is 184 Å². The first-order valence-corrected chi connectivity index (χ1v) is 10.8. The van der Waals surface area contributed by atoms with Crippen molar-refractivity contribution in [2.24, 2.45) is 0 Å². The van der Waals surface area contributed by atoms with Gasteiger partial charge in [-0.1, -0.05) is 44.0 Å². The SMILES string of the molecule is CCCCCc1ccc(-c2cc(OCCOC(C)=O)cc(OCC(=O)OCC)c2)cc1. The molecular weight excluding hydrogens is 396 g/mol. The summed E-state index contributed by atoms with van der Waals surface area (Å²) in [4.78, 5) is 22.6. The van der Waals surface area contributed by atoms with Crippen LogP contribution in [0.3, 0.4) is 0 Å². The second-order valence-electron chi connectivity index (χ2n) is 7.13. The predicted octanol–water partition coefficient (Wildman–Crippen LogP) is 4.97. The molecular formula is C25H32O6. The fraction of sp³-hybridized carbons (Fsp3) is 0.440. The van der Waals surface area contributed by atoms with E-state index < -0.39 is 5.97 Å². The van der Waals surface area contributed by atoms with Crippen molar-refractivity contribution in [3.63, 3.8) is 0 Å². The minimum Gasteiger partial charge on any atom is -0.490 e. The molecule has 2 aromatic rings. The second kappa shape index (κ2) is 13.3. The third kappa shape index (κ3) is 9.11. The largest absolute Gasteiger partial charge is 0.490 e. The Morgan fingerprint density at radius 1 is 0.806 bits per heavy atom. The molecule has 6 nitrogen and oxygen atoms in total. The molecule has 0 radical (unpaired) electrons. The summed E-state index contributed by atoms with van der Waals surface area (Å²) in [6.45, 7) is 5.80. The zero-order valence-electron chi connectivity index (χ0n) is 18.6. The first-order valence-electron chi connectivity index (χ1n) is 10.8. The van der Waals surface area contributed by atoms with Crippen LogP contribution in [0.4, 0.5) is 0 Å². The van der Waals surface area contributed by atoms with E-state index in [0.29, 0.717) is 18.1 Å². The van der Waals surface area contributed by atoms with E-state index in [9.17, 15) is 9.59 Å².